The van der Waals surface area contributed by atoms with Gasteiger partial charge in [-0.25, -0.2) is 9.78 Å². The zero-order chi connectivity index (χ0) is 14.7. The summed E-state index contributed by atoms with van der Waals surface area (Å²) < 4.78 is 4.73. The van der Waals surface area contributed by atoms with Gasteiger partial charge in [-0.3, -0.25) is 4.98 Å². The summed E-state index contributed by atoms with van der Waals surface area (Å²) >= 11 is 0. The molecule has 0 spiro atoms. The van der Waals surface area contributed by atoms with Crippen LogP contribution in [0.4, 0.5) is 5.82 Å². The maximum atomic E-state index is 11.6. The standard InChI is InChI=1S/C15H22N4O2/c1-21-15(20)13-8-17-9-14(18-13)19(12-2-3-12)10-11-4-6-16-7-5-11/h8-9,11-12,16H,2-7,10H2,1H3. The molecule has 2 fully saturated rings. The molecule has 0 aromatic carbocycles. The van der Waals surface area contributed by atoms with Gasteiger partial charge in [-0.15, -0.1) is 0 Å². The molecule has 2 heterocycles. The van der Waals surface area contributed by atoms with Gasteiger partial charge in [0.2, 0.25) is 0 Å². The monoisotopic (exact) mass is 290 g/mol. The number of carbonyl (C=O) groups is 1. The molecule has 1 saturated heterocycles. The van der Waals surface area contributed by atoms with E-state index in [-0.39, 0.29) is 5.69 Å². The van der Waals surface area contributed by atoms with Crippen LogP contribution in [-0.2, 0) is 4.74 Å². The van der Waals surface area contributed by atoms with Crippen molar-refractivity contribution in [3.05, 3.63) is 18.1 Å². The fraction of sp³-hybridized carbons (Fsp3) is 0.667. The normalized spacial score (nSPS) is 19.3. The third-order valence-corrected chi connectivity index (χ3v) is 4.21. The summed E-state index contributed by atoms with van der Waals surface area (Å²) in [6.07, 6.45) is 8.03. The van der Waals surface area contributed by atoms with E-state index in [1.54, 1.807) is 6.20 Å². The zero-order valence-corrected chi connectivity index (χ0v) is 12.4. The molecule has 2 aliphatic rings. The van der Waals surface area contributed by atoms with E-state index in [0.29, 0.717) is 12.0 Å². The van der Waals surface area contributed by atoms with E-state index in [9.17, 15) is 4.79 Å². The molecule has 0 radical (unpaired) electrons. The molecule has 6 nitrogen and oxygen atoms in total. The summed E-state index contributed by atoms with van der Waals surface area (Å²) in [4.78, 5) is 22.5. The molecule has 0 unspecified atom stereocenters. The second kappa shape index (κ2) is 6.39. The summed E-state index contributed by atoms with van der Waals surface area (Å²) in [6.45, 7) is 3.19. The largest absolute Gasteiger partial charge is 0.464 e. The fourth-order valence-corrected chi connectivity index (χ4v) is 2.86. The lowest BCUT2D eigenvalue weighted by Gasteiger charge is -2.31. The van der Waals surface area contributed by atoms with Gasteiger partial charge in [-0.1, -0.05) is 0 Å². The number of methoxy groups -OCH3 is 1. The van der Waals surface area contributed by atoms with Crippen molar-refractivity contribution >= 4 is 11.8 Å². The van der Waals surface area contributed by atoms with Crippen LogP contribution in [0.25, 0.3) is 0 Å². The molecule has 1 aromatic rings. The molecular weight excluding hydrogens is 268 g/mol. The van der Waals surface area contributed by atoms with Crippen LogP contribution in [0.3, 0.4) is 0 Å². The van der Waals surface area contributed by atoms with Gasteiger partial charge in [-0.2, -0.15) is 0 Å². The van der Waals surface area contributed by atoms with Gasteiger partial charge in [0.05, 0.1) is 19.5 Å². The number of anilines is 1. The Morgan fingerprint density at radius 1 is 1.33 bits per heavy atom. The second-order valence-electron chi connectivity index (χ2n) is 5.83. The van der Waals surface area contributed by atoms with Crippen molar-refractivity contribution < 1.29 is 9.53 Å². The van der Waals surface area contributed by atoms with Crippen molar-refractivity contribution in [3.63, 3.8) is 0 Å². The van der Waals surface area contributed by atoms with Gasteiger partial charge >= 0.3 is 5.97 Å². The van der Waals surface area contributed by atoms with Gasteiger partial charge in [0.15, 0.2) is 5.69 Å². The number of hydrogen-bond acceptors (Lipinski definition) is 6. The molecule has 1 aliphatic heterocycles. The van der Waals surface area contributed by atoms with Crippen molar-refractivity contribution in [2.75, 3.05) is 31.6 Å². The van der Waals surface area contributed by atoms with E-state index in [0.717, 1.165) is 25.5 Å². The number of nitrogens with one attached hydrogen (secondary N) is 1. The number of rotatable bonds is 5. The number of esters is 1. The third kappa shape index (κ3) is 3.50. The Bertz CT molecular complexity index is 498. The zero-order valence-electron chi connectivity index (χ0n) is 12.4. The average Bonchev–Trinajstić information content (AvgIpc) is 3.38. The average molecular weight is 290 g/mol. The van der Waals surface area contributed by atoms with Crippen LogP contribution in [0.2, 0.25) is 0 Å². The Labute approximate surface area is 124 Å². The van der Waals surface area contributed by atoms with E-state index in [4.69, 9.17) is 4.74 Å². The Morgan fingerprint density at radius 2 is 2.10 bits per heavy atom. The van der Waals surface area contributed by atoms with Crippen LogP contribution in [0.15, 0.2) is 12.4 Å². The molecule has 1 N–H and O–H groups in total. The predicted octanol–water partition coefficient (Wildman–Crippen LogP) is 1.23. The SMILES string of the molecule is COC(=O)c1cncc(N(CC2CCNCC2)C2CC2)n1. The number of aromatic nitrogens is 2. The van der Waals surface area contributed by atoms with Crippen LogP contribution in [-0.4, -0.2) is 48.7 Å². The summed E-state index contributed by atoms with van der Waals surface area (Å²) in [5, 5.41) is 3.40. The minimum atomic E-state index is -0.429. The number of ether oxygens (including phenoxy) is 1. The number of nitrogens with zero attached hydrogens (tertiary/aromatic N) is 3. The van der Waals surface area contributed by atoms with Gasteiger partial charge in [0, 0.05) is 12.6 Å². The predicted molar refractivity (Wildman–Crippen MR) is 79.3 cm³/mol. The Morgan fingerprint density at radius 3 is 2.76 bits per heavy atom. The van der Waals surface area contributed by atoms with E-state index < -0.39 is 5.97 Å². The molecule has 1 aliphatic carbocycles. The summed E-state index contributed by atoms with van der Waals surface area (Å²) in [7, 11) is 1.37. The van der Waals surface area contributed by atoms with Crippen LogP contribution in [0, 0.1) is 5.92 Å². The van der Waals surface area contributed by atoms with Crippen molar-refractivity contribution in [2.24, 2.45) is 5.92 Å². The molecular formula is C15H22N4O2. The van der Waals surface area contributed by atoms with Crippen molar-refractivity contribution in [3.8, 4) is 0 Å². The van der Waals surface area contributed by atoms with E-state index in [1.807, 2.05) is 0 Å². The molecule has 0 atom stereocenters. The van der Waals surface area contributed by atoms with Crippen LogP contribution >= 0.6 is 0 Å². The first-order valence-electron chi connectivity index (χ1n) is 7.65. The fourth-order valence-electron chi connectivity index (χ4n) is 2.86. The first-order chi connectivity index (χ1) is 10.3. The Kier molecular flexibility index (Phi) is 4.34. The molecule has 114 valence electrons. The smallest absolute Gasteiger partial charge is 0.358 e. The lowest BCUT2D eigenvalue weighted by molar-refractivity contribution is 0.0593. The lowest BCUT2D eigenvalue weighted by atomic mass is 9.97. The molecule has 21 heavy (non-hydrogen) atoms. The van der Waals surface area contributed by atoms with Gasteiger partial charge in [-0.05, 0) is 44.7 Å². The molecule has 1 saturated carbocycles. The van der Waals surface area contributed by atoms with E-state index >= 15 is 0 Å². The van der Waals surface area contributed by atoms with Gasteiger partial charge in [0.25, 0.3) is 0 Å². The second-order valence-corrected chi connectivity index (χ2v) is 5.83. The Hall–Kier alpha value is -1.69. The lowest BCUT2D eigenvalue weighted by Crippen LogP contribution is -2.38. The van der Waals surface area contributed by atoms with Crippen molar-refractivity contribution in [1.82, 2.24) is 15.3 Å². The first kappa shape index (κ1) is 14.3. The summed E-state index contributed by atoms with van der Waals surface area (Å²) in [5.74, 6) is 1.07. The highest BCUT2D eigenvalue weighted by Crippen LogP contribution is 2.32. The maximum absolute atomic E-state index is 11.6. The minimum absolute atomic E-state index is 0.283. The molecule has 0 bridgehead atoms. The summed E-state index contributed by atoms with van der Waals surface area (Å²) in [6, 6.07) is 0.557. The van der Waals surface area contributed by atoms with E-state index in [1.165, 1.54) is 39.0 Å². The third-order valence-electron chi connectivity index (χ3n) is 4.21. The molecule has 0 amide bonds. The minimum Gasteiger partial charge on any atom is -0.464 e. The molecule has 3 rings (SSSR count). The topological polar surface area (TPSA) is 67.3 Å². The molecule has 1 aromatic heterocycles. The van der Waals surface area contributed by atoms with Crippen LogP contribution in [0.1, 0.15) is 36.2 Å². The number of piperidine rings is 1. The first-order valence-corrected chi connectivity index (χ1v) is 7.65. The van der Waals surface area contributed by atoms with Gasteiger partial charge in [0.1, 0.15) is 5.82 Å². The number of carbonyl (C=O) groups excluding carboxylic acids is 1. The van der Waals surface area contributed by atoms with Gasteiger partial charge < -0.3 is 15.0 Å². The molecule has 6 heteroatoms. The maximum Gasteiger partial charge on any atom is 0.358 e. The van der Waals surface area contributed by atoms with Crippen LogP contribution in [0.5, 0.6) is 0 Å². The highest BCUT2D eigenvalue weighted by atomic mass is 16.5. The van der Waals surface area contributed by atoms with E-state index in [2.05, 4.69) is 20.2 Å². The van der Waals surface area contributed by atoms with Crippen LogP contribution < -0.4 is 10.2 Å². The number of hydrogen-bond donors (Lipinski definition) is 1. The Balaban J connectivity index is 1.75. The van der Waals surface area contributed by atoms with Crippen molar-refractivity contribution in [1.29, 1.82) is 0 Å². The highest BCUT2D eigenvalue weighted by Gasteiger charge is 2.32. The van der Waals surface area contributed by atoms with Crippen molar-refractivity contribution in [2.45, 2.75) is 31.7 Å². The highest BCUT2D eigenvalue weighted by molar-refractivity contribution is 5.87. The quantitative estimate of drug-likeness (QED) is 0.823. The summed E-state index contributed by atoms with van der Waals surface area (Å²) in [5.41, 5.74) is 0.283.